The molecule has 0 aromatic heterocycles. The molecule has 20 heavy (non-hydrogen) atoms. The van der Waals surface area contributed by atoms with Crippen molar-refractivity contribution in [1.29, 1.82) is 0 Å². The Morgan fingerprint density at radius 3 is 1.55 bits per heavy atom. The molecule has 4 aliphatic heterocycles. The van der Waals surface area contributed by atoms with Crippen LogP contribution in [0, 0.1) is 0 Å². The first kappa shape index (κ1) is 16.2. The molecular formula is C12H12S4Se4. The van der Waals surface area contributed by atoms with Crippen LogP contribution >= 0.6 is 47.0 Å². The third kappa shape index (κ3) is 3.25. The Morgan fingerprint density at radius 2 is 1.10 bits per heavy atom. The first-order valence-corrected chi connectivity index (χ1v) is 16.8. The summed E-state index contributed by atoms with van der Waals surface area (Å²) >= 11 is 11.7. The maximum atomic E-state index is 2.41. The third-order valence-corrected chi connectivity index (χ3v) is 27.6. The van der Waals surface area contributed by atoms with Gasteiger partial charge in [0.15, 0.2) is 0 Å². The van der Waals surface area contributed by atoms with Gasteiger partial charge in [0.2, 0.25) is 0 Å². The first-order valence-electron chi connectivity index (χ1n) is 6.24. The van der Waals surface area contributed by atoms with E-state index in [1.54, 1.807) is 0 Å². The van der Waals surface area contributed by atoms with Crippen molar-refractivity contribution < 1.29 is 0 Å². The molecule has 0 radical (unpaired) electrons. The van der Waals surface area contributed by atoms with Crippen molar-refractivity contribution in [3.8, 4) is 0 Å². The summed E-state index contributed by atoms with van der Waals surface area (Å²) in [6, 6.07) is 0. The fraction of sp³-hybridized carbons (Fsp3) is 0.500. The van der Waals surface area contributed by atoms with E-state index in [1.807, 2.05) is 22.0 Å². The average molecular weight is 600 g/mol. The van der Waals surface area contributed by atoms with Crippen LogP contribution in [0.25, 0.3) is 0 Å². The van der Waals surface area contributed by atoms with Gasteiger partial charge in [0.05, 0.1) is 0 Å². The van der Waals surface area contributed by atoms with E-state index in [1.165, 1.54) is 11.5 Å². The summed E-state index contributed by atoms with van der Waals surface area (Å²) in [5, 5.41) is 1.63. The van der Waals surface area contributed by atoms with Crippen molar-refractivity contribution in [2.45, 2.75) is 24.3 Å². The Hall–Kier alpha value is 2.70. The van der Waals surface area contributed by atoms with E-state index in [2.05, 4.69) is 60.9 Å². The van der Waals surface area contributed by atoms with Crippen LogP contribution in [0.2, 0.25) is 0 Å². The van der Waals surface area contributed by atoms with Crippen LogP contribution in [-0.4, -0.2) is 81.8 Å². The van der Waals surface area contributed by atoms with Gasteiger partial charge in [0.25, 0.3) is 0 Å². The Morgan fingerprint density at radius 1 is 0.700 bits per heavy atom. The van der Waals surface area contributed by atoms with Gasteiger partial charge in [-0.2, -0.15) is 0 Å². The van der Waals surface area contributed by atoms with Crippen molar-refractivity contribution in [3.63, 3.8) is 0 Å². The van der Waals surface area contributed by atoms with Gasteiger partial charge in [-0.25, -0.2) is 0 Å². The number of hydrogen-bond acceptors (Lipinski definition) is 4. The zero-order valence-electron chi connectivity index (χ0n) is 10.8. The van der Waals surface area contributed by atoms with Crippen molar-refractivity contribution >= 4 is 107 Å². The number of hydrogen-bond donors (Lipinski definition) is 0. The molecule has 8 heteroatoms. The van der Waals surface area contributed by atoms with Crippen LogP contribution in [0.5, 0.6) is 0 Å². The van der Waals surface area contributed by atoms with Gasteiger partial charge in [-0.15, -0.1) is 0 Å². The van der Waals surface area contributed by atoms with E-state index < -0.39 is 0 Å². The molecule has 0 N–H and O–H groups in total. The molecule has 2 atom stereocenters. The topological polar surface area (TPSA) is 0 Å². The predicted molar refractivity (Wildman–Crippen MR) is 103 cm³/mol. The van der Waals surface area contributed by atoms with Crippen molar-refractivity contribution in [2.75, 3.05) is 11.5 Å². The van der Waals surface area contributed by atoms with E-state index in [4.69, 9.17) is 0 Å². The quantitative estimate of drug-likeness (QED) is 0.393. The van der Waals surface area contributed by atoms with Crippen molar-refractivity contribution in [1.82, 2.24) is 0 Å². The Kier molecular flexibility index (Phi) is 5.58. The van der Waals surface area contributed by atoms with Crippen molar-refractivity contribution in [3.05, 3.63) is 22.0 Å². The summed E-state index contributed by atoms with van der Waals surface area (Å²) in [5.41, 5.74) is 0. The molecule has 0 unspecified atom stereocenters. The van der Waals surface area contributed by atoms with Gasteiger partial charge in [0.1, 0.15) is 0 Å². The van der Waals surface area contributed by atoms with E-state index in [0.717, 1.165) is 40.4 Å². The normalized spacial score (nSPS) is 33.9. The van der Waals surface area contributed by atoms with Crippen LogP contribution in [0.15, 0.2) is 22.0 Å². The predicted octanol–water partition coefficient (Wildman–Crippen LogP) is 2.95. The molecule has 0 fully saturated rings. The minimum absolute atomic E-state index is 0.712. The molecule has 0 bridgehead atoms. The Balaban J connectivity index is 1.52. The fourth-order valence-corrected chi connectivity index (χ4v) is 29.3. The van der Waals surface area contributed by atoms with Crippen LogP contribution in [0.3, 0.4) is 0 Å². The fourth-order valence-electron chi connectivity index (χ4n) is 1.83. The van der Waals surface area contributed by atoms with Crippen LogP contribution < -0.4 is 0 Å². The minimum atomic E-state index is 0.712. The zero-order valence-corrected chi connectivity index (χ0v) is 21.0. The van der Waals surface area contributed by atoms with E-state index in [0.29, 0.717) is 29.9 Å². The second-order valence-corrected chi connectivity index (χ2v) is 23.0. The SMILES string of the molecule is C[C@@H]1SC2=C(S[C@@H]1C)[Se]C(=C1[Se]C3=C(SCCS3)[Se]1)[Se]2. The first-order chi connectivity index (χ1) is 9.70. The van der Waals surface area contributed by atoms with E-state index >= 15 is 0 Å². The van der Waals surface area contributed by atoms with Gasteiger partial charge >= 0.3 is 165 Å². The number of thioether (sulfide) groups is 4. The van der Waals surface area contributed by atoms with Gasteiger partial charge in [-0.1, -0.05) is 0 Å². The molecule has 0 aromatic rings. The monoisotopic (exact) mass is 604 g/mol. The number of rotatable bonds is 0. The second kappa shape index (κ2) is 6.90. The van der Waals surface area contributed by atoms with E-state index in [9.17, 15) is 0 Å². The van der Waals surface area contributed by atoms with Crippen molar-refractivity contribution in [2.24, 2.45) is 0 Å². The molecule has 0 saturated carbocycles. The Labute approximate surface area is 162 Å². The molecule has 0 spiro atoms. The summed E-state index contributed by atoms with van der Waals surface area (Å²) in [5.74, 6) is 2.71. The Bertz CT molecular complexity index is 510. The zero-order chi connectivity index (χ0) is 13.7. The van der Waals surface area contributed by atoms with E-state index in [-0.39, 0.29) is 0 Å². The van der Waals surface area contributed by atoms with Crippen LogP contribution in [0.1, 0.15) is 13.8 Å². The van der Waals surface area contributed by atoms with Gasteiger partial charge < -0.3 is 0 Å². The maximum absolute atomic E-state index is 2.41. The molecular weight excluding hydrogens is 588 g/mol. The molecule has 4 aliphatic rings. The van der Waals surface area contributed by atoms with Gasteiger partial charge in [-0.3, -0.25) is 0 Å². The third-order valence-electron chi connectivity index (χ3n) is 3.04. The second-order valence-electron chi connectivity index (χ2n) is 4.48. The summed E-state index contributed by atoms with van der Waals surface area (Å²) in [7, 11) is 0. The molecule has 4 rings (SSSR count). The average Bonchev–Trinajstić information content (AvgIpc) is 3.02. The molecule has 108 valence electrons. The summed E-state index contributed by atoms with van der Waals surface area (Å²) in [4.78, 5) is 0. The molecule has 0 aliphatic carbocycles. The van der Waals surface area contributed by atoms with Crippen LogP contribution in [0.4, 0.5) is 0 Å². The molecule has 0 saturated heterocycles. The van der Waals surface area contributed by atoms with Crippen LogP contribution in [-0.2, 0) is 0 Å². The van der Waals surface area contributed by atoms with Gasteiger partial charge in [-0.05, 0) is 0 Å². The molecule has 0 amide bonds. The molecule has 0 nitrogen and oxygen atoms in total. The van der Waals surface area contributed by atoms with Gasteiger partial charge in [0, 0.05) is 0 Å². The summed E-state index contributed by atoms with van der Waals surface area (Å²) in [6.07, 6.45) is 0. The summed E-state index contributed by atoms with van der Waals surface area (Å²) < 4.78 is 11.2. The molecule has 4 heterocycles. The molecule has 0 aromatic carbocycles. The summed E-state index contributed by atoms with van der Waals surface area (Å²) in [6.45, 7) is 4.83. The standard InChI is InChI=1S/C12H12S4Se4/c1-5-6(2)16-10-9(15-5)19-12(20-10)11-17-7-8(18-11)14-4-3-13-7/h5-6H,3-4H2,1-2H3/t5-,6+.